The van der Waals surface area contributed by atoms with E-state index in [0.29, 0.717) is 6.61 Å². The lowest BCUT2D eigenvalue weighted by atomic mass is 10.2. The molecular formula is C23H27N3O3. The van der Waals surface area contributed by atoms with Crippen molar-refractivity contribution in [2.75, 3.05) is 46.4 Å². The molecule has 0 spiro atoms. The van der Waals surface area contributed by atoms with Gasteiger partial charge in [0.05, 0.1) is 7.11 Å². The number of methoxy groups -OCH3 is 1. The molecule has 1 fully saturated rings. The van der Waals surface area contributed by atoms with Crippen LogP contribution in [-0.4, -0.2) is 66.7 Å². The third-order valence-electron chi connectivity index (χ3n) is 5.57. The molecule has 1 aliphatic rings. The van der Waals surface area contributed by atoms with Gasteiger partial charge in [-0.15, -0.1) is 0 Å². The summed E-state index contributed by atoms with van der Waals surface area (Å²) in [5.41, 5.74) is 1.84. The van der Waals surface area contributed by atoms with E-state index in [1.807, 2.05) is 71.1 Å². The zero-order chi connectivity index (χ0) is 20.2. The van der Waals surface area contributed by atoms with Gasteiger partial charge in [0.15, 0.2) is 0 Å². The second kappa shape index (κ2) is 8.57. The van der Waals surface area contributed by atoms with Crippen LogP contribution in [0.15, 0.2) is 54.6 Å². The maximum Gasteiger partial charge on any atom is 0.270 e. The molecule has 1 aromatic heterocycles. The molecule has 0 bridgehead atoms. The number of piperazine rings is 1. The smallest absolute Gasteiger partial charge is 0.270 e. The molecule has 152 valence electrons. The molecule has 6 nitrogen and oxygen atoms in total. The number of nitrogens with zero attached hydrogens (tertiary/aromatic N) is 3. The second-order valence-electron chi connectivity index (χ2n) is 7.31. The number of carbonyl (C=O) groups is 1. The third-order valence-corrected chi connectivity index (χ3v) is 5.57. The summed E-state index contributed by atoms with van der Waals surface area (Å²) >= 11 is 0. The normalized spacial score (nSPS) is 14.9. The number of para-hydroxylation sites is 1. The molecule has 1 amide bonds. The predicted octanol–water partition coefficient (Wildman–Crippen LogP) is 3.02. The van der Waals surface area contributed by atoms with Crippen molar-refractivity contribution >= 4 is 16.8 Å². The van der Waals surface area contributed by atoms with E-state index in [1.54, 1.807) is 7.11 Å². The van der Waals surface area contributed by atoms with Crippen LogP contribution in [0.1, 0.15) is 10.5 Å². The van der Waals surface area contributed by atoms with Gasteiger partial charge >= 0.3 is 0 Å². The highest BCUT2D eigenvalue weighted by Gasteiger charge is 2.24. The summed E-state index contributed by atoms with van der Waals surface area (Å²) in [6, 6.07) is 17.7. The Morgan fingerprint density at radius 3 is 2.34 bits per heavy atom. The molecular weight excluding hydrogens is 366 g/mol. The number of fused-ring (bicyclic) bond motifs is 1. The van der Waals surface area contributed by atoms with Gasteiger partial charge in [0.1, 0.15) is 23.8 Å². The summed E-state index contributed by atoms with van der Waals surface area (Å²) in [7, 11) is 3.61. The average Bonchev–Trinajstić information content (AvgIpc) is 3.11. The Hall–Kier alpha value is -2.99. The van der Waals surface area contributed by atoms with Gasteiger partial charge in [-0.3, -0.25) is 9.69 Å². The first-order valence-electron chi connectivity index (χ1n) is 9.98. The Bertz CT molecular complexity index is 973. The largest absolute Gasteiger partial charge is 0.497 e. The molecule has 4 rings (SSSR count). The molecule has 29 heavy (non-hydrogen) atoms. The zero-order valence-electron chi connectivity index (χ0n) is 17.0. The number of ether oxygens (including phenoxy) is 2. The average molecular weight is 393 g/mol. The highest BCUT2D eigenvalue weighted by molar-refractivity contribution is 5.98. The van der Waals surface area contributed by atoms with E-state index in [0.717, 1.165) is 60.8 Å². The highest BCUT2D eigenvalue weighted by atomic mass is 16.5. The van der Waals surface area contributed by atoms with E-state index >= 15 is 0 Å². The van der Waals surface area contributed by atoms with Crippen molar-refractivity contribution in [1.82, 2.24) is 14.4 Å². The van der Waals surface area contributed by atoms with E-state index in [-0.39, 0.29) is 5.91 Å². The number of amides is 1. The maximum atomic E-state index is 13.0. The van der Waals surface area contributed by atoms with Crippen molar-refractivity contribution < 1.29 is 14.3 Å². The van der Waals surface area contributed by atoms with Crippen LogP contribution in [0.4, 0.5) is 0 Å². The fourth-order valence-electron chi connectivity index (χ4n) is 3.80. The molecule has 3 aromatic rings. The van der Waals surface area contributed by atoms with Gasteiger partial charge in [-0.2, -0.15) is 0 Å². The quantitative estimate of drug-likeness (QED) is 0.646. The van der Waals surface area contributed by atoms with Crippen LogP contribution in [0.5, 0.6) is 11.5 Å². The van der Waals surface area contributed by atoms with Gasteiger partial charge < -0.3 is 18.9 Å². The Balaban J connectivity index is 1.27. The van der Waals surface area contributed by atoms with E-state index in [2.05, 4.69) is 4.90 Å². The summed E-state index contributed by atoms with van der Waals surface area (Å²) in [5, 5.41) is 1.10. The Kier molecular flexibility index (Phi) is 5.71. The number of carbonyl (C=O) groups excluding carboxylic acids is 1. The lowest BCUT2D eigenvalue weighted by Crippen LogP contribution is -2.49. The first kappa shape index (κ1) is 19.3. The fourth-order valence-corrected chi connectivity index (χ4v) is 3.80. The molecule has 1 aliphatic heterocycles. The van der Waals surface area contributed by atoms with Crippen molar-refractivity contribution in [3.8, 4) is 11.5 Å². The standard InChI is InChI=1S/C23H27N3O3/c1-24-21-6-4-3-5-18(21)17-22(24)23(27)26-13-11-25(12-14-26)15-16-29-20-9-7-19(28-2)8-10-20/h3-10,17H,11-16H2,1-2H3. The first-order valence-corrected chi connectivity index (χ1v) is 9.98. The maximum absolute atomic E-state index is 13.0. The van der Waals surface area contributed by atoms with Gasteiger partial charge in [0, 0.05) is 50.7 Å². The number of aromatic nitrogens is 1. The molecule has 0 unspecified atom stereocenters. The SMILES string of the molecule is COc1ccc(OCCN2CCN(C(=O)c3cc4ccccc4n3C)CC2)cc1. The molecule has 0 radical (unpaired) electrons. The van der Waals surface area contributed by atoms with Crippen molar-refractivity contribution in [1.29, 1.82) is 0 Å². The van der Waals surface area contributed by atoms with E-state index in [1.165, 1.54) is 0 Å². The van der Waals surface area contributed by atoms with Gasteiger partial charge in [0.2, 0.25) is 0 Å². The Labute approximate surface area is 171 Å². The van der Waals surface area contributed by atoms with Crippen LogP contribution in [0.25, 0.3) is 10.9 Å². The molecule has 1 saturated heterocycles. The van der Waals surface area contributed by atoms with Crippen LogP contribution < -0.4 is 9.47 Å². The highest BCUT2D eigenvalue weighted by Crippen LogP contribution is 2.20. The zero-order valence-corrected chi connectivity index (χ0v) is 17.0. The van der Waals surface area contributed by atoms with Crippen molar-refractivity contribution in [2.45, 2.75) is 0 Å². The first-order chi connectivity index (χ1) is 14.2. The Morgan fingerprint density at radius 2 is 1.66 bits per heavy atom. The van der Waals surface area contributed by atoms with Crippen molar-refractivity contribution in [3.05, 3.63) is 60.3 Å². The van der Waals surface area contributed by atoms with Crippen molar-refractivity contribution in [3.63, 3.8) is 0 Å². The van der Waals surface area contributed by atoms with Gasteiger partial charge in [-0.1, -0.05) is 18.2 Å². The fraction of sp³-hybridized carbons (Fsp3) is 0.348. The minimum absolute atomic E-state index is 0.109. The molecule has 0 saturated carbocycles. The summed E-state index contributed by atoms with van der Waals surface area (Å²) in [6.07, 6.45) is 0. The van der Waals surface area contributed by atoms with Gasteiger partial charge in [-0.05, 0) is 36.4 Å². The van der Waals surface area contributed by atoms with Crippen LogP contribution >= 0.6 is 0 Å². The molecule has 2 heterocycles. The van der Waals surface area contributed by atoms with E-state index < -0.39 is 0 Å². The monoisotopic (exact) mass is 393 g/mol. The summed E-state index contributed by atoms with van der Waals surface area (Å²) in [4.78, 5) is 17.3. The minimum Gasteiger partial charge on any atom is -0.497 e. The Morgan fingerprint density at radius 1 is 0.966 bits per heavy atom. The number of hydrogen-bond acceptors (Lipinski definition) is 4. The molecule has 0 aliphatic carbocycles. The second-order valence-corrected chi connectivity index (χ2v) is 7.31. The molecule has 0 atom stereocenters. The molecule has 2 aromatic carbocycles. The minimum atomic E-state index is 0.109. The van der Waals surface area contributed by atoms with Crippen molar-refractivity contribution in [2.24, 2.45) is 7.05 Å². The van der Waals surface area contributed by atoms with E-state index in [4.69, 9.17) is 9.47 Å². The number of rotatable bonds is 6. The molecule has 0 N–H and O–H groups in total. The summed E-state index contributed by atoms with van der Waals surface area (Å²) < 4.78 is 13.0. The lowest BCUT2D eigenvalue weighted by molar-refractivity contribution is 0.0611. The van der Waals surface area contributed by atoms with Gasteiger partial charge in [0.25, 0.3) is 5.91 Å². The van der Waals surface area contributed by atoms with Crippen LogP contribution in [0.3, 0.4) is 0 Å². The van der Waals surface area contributed by atoms with E-state index in [9.17, 15) is 4.79 Å². The lowest BCUT2D eigenvalue weighted by Gasteiger charge is -2.34. The van der Waals surface area contributed by atoms with Gasteiger partial charge in [-0.25, -0.2) is 0 Å². The third kappa shape index (κ3) is 4.22. The summed E-state index contributed by atoms with van der Waals surface area (Å²) in [6.45, 7) is 4.68. The van der Waals surface area contributed by atoms with Crippen LogP contribution in [0, 0.1) is 0 Å². The van der Waals surface area contributed by atoms with Crippen LogP contribution in [-0.2, 0) is 7.05 Å². The predicted molar refractivity (Wildman–Crippen MR) is 114 cm³/mol. The summed E-state index contributed by atoms with van der Waals surface area (Å²) in [5.74, 6) is 1.78. The number of benzene rings is 2. The number of aryl methyl sites for hydroxylation is 1. The molecule has 6 heteroatoms. The van der Waals surface area contributed by atoms with Crippen LogP contribution in [0.2, 0.25) is 0 Å². The number of hydrogen-bond donors (Lipinski definition) is 0. The topological polar surface area (TPSA) is 46.9 Å².